The fourth-order valence-electron chi connectivity index (χ4n) is 1.72. The molecule has 1 fully saturated rings. The van der Waals surface area contributed by atoms with Crippen molar-refractivity contribution in [1.29, 1.82) is 0 Å². The number of nitrogens with one attached hydrogen (secondary N) is 3. The predicted molar refractivity (Wildman–Crippen MR) is 70.1 cm³/mol. The molecule has 1 aromatic heterocycles. The molecule has 2 rings (SSSR count). The Morgan fingerprint density at radius 3 is 2.89 bits per heavy atom. The van der Waals surface area contributed by atoms with E-state index in [4.69, 9.17) is 0 Å². The molecule has 1 saturated heterocycles. The lowest BCUT2D eigenvalue weighted by molar-refractivity contribution is -0.121. The SMILES string of the molecule is O=C(NC(=O)C1CCCN1)Nc1ccc(Br)nc1. The molecule has 1 atom stereocenters. The molecule has 0 aromatic carbocycles. The Labute approximate surface area is 113 Å². The van der Waals surface area contributed by atoms with Crippen LogP contribution in [0.4, 0.5) is 10.5 Å². The van der Waals surface area contributed by atoms with E-state index < -0.39 is 6.03 Å². The zero-order valence-corrected chi connectivity index (χ0v) is 11.2. The van der Waals surface area contributed by atoms with Crippen LogP contribution in [0.15, 0.2) is 22.9 Å². The highest BCUT2D eigenvalue weighted by atomic mass is 79.9. The van der Waals surface area contributed by atoms with Crippen molar-refractivity contribution in [1.82, 2.24) is 15.6 Å². The first-order valence-corrected chi connectivity index (χ1v) is 6.41. The summed E-state index contributed by atoms with van der Waals surface area (Å²) in [7, 11) is 0. The van der Waals surface area contributed by atoms with Gasteiger partial charge in [-0.25, -0.2) is 9.78 Å². The summed E-state index contributed by atoms with van der Waals surface area (Å²) < 4.78 is 0.680. The standard InChI is InChI=1S/C11H13BrN4O2/c12-9-4-3-7(6-14-9)15-11(18)16-10(17)8-2-1-5-13-8/h3-4,6,8,13H,1-2,5H2,(H2,15,16,17,18). The smallest absolute Gasteiger partial charge is 0.306 e. The average Bonchev–Trinajstić information content (AvgIpc) is 2.85. The second kappa shape index (κ2) is 5.92. The van der Waals surface area contributed by atoms with Crippen LogP contribution in [-0.4, -0.2) is 29.5 Å². The van der Waals surface area contributed by atoms with Gasteiger partial charge >= 0.3 is 6.03 Å². The van der Waals surface area contributed by atoms with Gasteiger partial charge in [-0.05, 0) is 47.4 Å². The molecule has 2 heterocycles. The van der Waals surface area contributed by atoms with E-state index in [0.717, 1.165) is 19.4 Å². The molecule has 18 heavy (non-hydrogen) atoms. The molecule has 96 valence electrons. The summed E-state index contributed by atoms with van der Waals surface area (Å²) in [5.74, 6) is -0.296. The predicted octanol–water partition coefficient (Wildman–Crippen LogP) is 1.24. The van der Waals surface area contributed by atoms with Gasteiger partial charge in [0.2, 0.25) is 5.91 Å². The summed E-state index contributed by atoms with van der Waals surface area (Å²) in [5.41, 5.74) is 0.530. The third-order valence-corrected chi connectivity index (χ3v) is 3.07. The van der Waals surface area contributed by atoms with Crippen LogP contribution in [-0.2, 0) is 4.79 Å². The number of imide groups is 1. The quantitative estimate of drug-likeness (QED) is 0.718. The highest BCUT2D eigenvalue weighted by molar-refractivity contribution is 9.10. The number of rotatable bonds is 2. The average molecular weight is 313 g/mol. The second-order valence-corrected chi connectivity index (χ2v) is 4.77. The minimum absolute atomic E-state index is 0.265. The third kappa shape index (κ3) is 3.51. The van der Waals surface area contributed by atoms with Crippen LogP contribution in [0.3, 0.4) is 0 Å². The molecular formula is C11H13BrN4O2. The van der Waals surface area contributed by atoms with Crippen molar-refractivity contribution in [2.45, 2.75) is 18.9 Å². The maximum atomic E-state index is 11.6. The number of aromatic nitrogens is 1. The van der Waals surface area contributed by atoms with Crippen LogP contribution >= 0.6 is 15.9 Å². The van der Waals surface area contributed by atoms with Gasteiger partial charge in [0.1, 0.15) is 4.60 Å². The molecule has 3 N–H and O–H groups in total. The Morgan fingerprint density at radius 2 is 2.28 bits per heavy atom. The number of carbonyl (C=O) groups excluding carboxylic acids is 2. The Bertz CT molecular complexity index is 443. The van der Waals surface area contributed by atoms with Gasteiger partial charge in [0.05, 0.1) is 17.9 Å². The van der Waals surface area contributed by atoms with E-state index >= 15 is 0 Å². The van der Waals surface area contributed by atoms with Gasteiger partial charge in [0, 0.05) is 0 Å². The molecule has 0 spiro atoms. The van der Waals surface area contributed by atoms with Gasteiger partial charge in [-0.3, -0.25) is 10.1 Å². The van der Waals surface area contributed by atoms with Crippen LogP contribution in [0.5, 0.6) is 0 Å². The topological polar surface area (TPSA) is 83.1 Å². The van der Waals surface area contributed by atoms with Gasteiger partial charge < -0.3 is 10.6 Å². The largest absolute Gasteiger partial charge is 0.325 e. The Kier molecular flexibility index (Phi) is 4.27. The molecule has 6 nitrogen and oxygen atoms in total. The fourth-order valence-corrected chi connectivity index (χ4v) is 1.95. The molecule has 7 heteroatoms. The van der Waals surface area contributed by atoms with Crippen molar-refractivity contribution in [2.75, 3.05) is 11.9 Å². The third-order valence-electron chi connectivity index (χ3n) is 2.60. The van der Waals surface area contributed by atoms with Crippen molar-refractivity contribution in [3.05, 3.63) is 22.9 Å². The number of hydrogen-bond acceptors (Lipinski definition) is 4. The van der Waals surface area contributed by atoms with Crippen LogP contribution in [0, 0.1) is 0 Å². The molecule has 0 saturated carbocycles. The number of amides is 3. The van der Waals surface area contributed by atoms with E-state index in [2.05, 4.69) is 36.9 Å². The number of nitrogens with zero attached hydrogens (tertiary/aromatic N) is 1. The van der Waals surface area contributed by atoms with Crippen LogP contribution in [0.1, 0.15) is 12.8 Å². The molecule has 1 unspecified atom stereocenters. The van der Waals surface area contributed by atoms with Crippen molar-refractivity contribution in [3.8, 4) is 0 Å². The van der Waals surface area contributed by atoms with Crippen molar-refractivity contribution < 1.29 is 9.59 Å². The molecule has 1 aliphatic rings. The Balaban J connectivity index is 1.84. The molecule has 0 bridgehead atoms. The van der Waals surface area contributed by atoms with Crippen molar-refractivity contribution in [2.24, 2.45) is 0 Å². The van der Waals surface area contributed by atoms with E-state index in [1.807, 2.05) is 0 Å². The van der Waals surface area contributed by atoms with Gasteiger partial charge in [0.25, 0.3) is 0 Å². The monoisotopic (exact) mass is 312 g/mol. The maximum Gasteiger partial charge on any atom is 0.325 e. The molecular weight excluding hydrogens is 300 g/mol. The van der Waals surface area contributed by atoms with E-state index in [9.17, 15) is 9.59 Å². The van der Waals surface area contributed by atoms with Crippen LogP contribution in [0.25, 0.3) is 0 Å². The van der Waals surface area contributed by atoms with Gasteiger partial charge in [-0.15, -0.1) is 0 Å². The first-order valence-electron chi connectivity index (χ1n) is 5.62. The zero-order chi connectivity index (χ0) is 13.0. The lowest BCUT2D eigenvalue weighted by Crippen LogP contribution is -2.44. The minimum Gasteiger partial charge on any atom is -0.306 e. The lowest BCUT2D eigenvalue weighted by Gasteiger charge is -2.10. The zero-order valence-electron chi connectivity index (χ0n) is 9.57. The first kappa shape index (κ1) is 13.0. The first-order chi connectivity index (χ1) is 8.65. The Hall–Kier alpha value is -1.47. The summed E-state index contributed by atoms with van der Waals surface area (Å²) in [6.45, 7) is 0.816. The number of pyridine rings is 1. The molecule has 1 aromatic rings. The van der Waals surface area contributed by atoms with Crippen LogP contribution < -0.4 is 16.0 Å². The number of halogens is 1. The molecule has 1 aliphatic heterocycles. The van der Waals surface area contributed by atoms with E-state index in [1.54, 1.807) is 12.1 Å². The number of urea groups is 1. The summed E-state index contributed by atoms with van der Waals surface area (Å²) in [5, 5.41) is 7.86. The highest BCUT2D eigenvalue weighted by Gasteiger charge is 2.23. The van der Waals surface area contributed by atoms with E-state index in [-0.39, 0.29) is 11.9 Å². The summed E-state index contributed by atoms with van der Waals surface area (Å²) in [6.07, 6.45) is 3.22. The summed E-state index contributed by atoms with van der Waals surface area (Å²) >= 11 is 3.19. The van der Waals surface area contributed by atoms with E-state index in [1.165, 1.54) is 6.20 Å². The number of anilines is 1. The Morgan fingerprint density at radius 1 is 1.44 bits per heavy atom. The highest BCUT2D eigenvalue weighted by Crippen LogP contribution is 2.10. The van der Waals surface area contributed by atoms with Gasteiger partial charge in [0.15, 0.2) is 0 Å². The number of carbonyl (C=O) groups is 2. The summed E-state index contributed by atoms with van der Waals surface area (Å²) in [4.78, 5) is 27.2. The van der Waals surface area contributed by atoms with Gasteiger partial charge in [-0.1, -0.05) is 0 Å². The normalized spacial score (nSPS) is 18.4. The number of hydrogen-bond donors (Lipinski definition) is 3. The molecule has 0 aliphatic carbocycles. The maximum absolute atomic E-state index is 11.6. The molecule has 0 radical (unpaired) electrons. The van der Waals surface area contributed by atoms with E-state index in [0.29, 0.717) is 10.3 Å². The molecule has 3 amide bonds. The fraction of sp³-hybridized carbons (Fsp3) is 0.364. The van der Waals surface area contributed by atoms with Crippen molar-refractivity contribution >= 4 is 33.6 Å². The van der Waals surface area contributed by atoms with Crippen molar-refractivity contribution in [3.63, 3.8) is 0 Å². The summed E-state index contributed by atoms with van der Waals surface area (Å²) in [6, 6.07) is 2.59. The lowest BCUT2D eigenvalue weighted by atomic mass is 10.2. The van der Waals surface area contributed by atoms with Gasteiger partial charge in [-0.2, -0.15) is 0 Å². The minimum atomic E-state index is -0.544. The second-order valence-electron chi connectivity index (χ2n) is 3.96. The van der Waals surface area contributed by atoms with Crippen LogP contribution in [0.2, 0.25) is 0 Å².